The fourth-order valence-corrected chi connectivity index (χ4v) is 1.89. The molecule has 0 aliphatic rings. The Bertz CT molecular complexity index is 465. The summed E-state index contributed by atoms with van der Waals surface area (Å²) in [6.07, 6.45) is 0. The molecule has 1 aromatic carbocycles. The van der Waals surface area contributed by atoms with E-state index in [4.69, 9.17) is 5.73 Å². The minimum Gasteiger partial charge on any atom is -0.321 e. The lowest BCUT2D eigenvalue weighted by atomic mass is 10.3. The first-order chi connectivity index (χ1) is 7.20. The molecule has 0 amide bonds. The first-order valence-electron chi connectivity index (χ1n) is 4.49. The number of benzene rings is 1. The topological polar surface area (TPSA) is 69.6 Å². The van der Waals surface area contributed by atoms with Crippen LogP contribution in [0.2, 0.25) is 0 Å². The van der Waals surface area contributed by atoms with Crippen LogP contribution in [0.1, 0.15) is 18.8 Å². The van der Waals surface area contributed by atoms with E-state index in [0.717, 1.165) is 9.26 Å². The maximum absolute atomic E-state index is 5.78. The van der Waals surface area contributed by atoms with Gasteiger partial charge in [-0.15, -0.1) is 5.10 Å². The van der Waals surface area contributed by atoms with Crippen LogP contribution in [-0.4, -0.2) is 20.2 Å². The third-order valence-electron chi connectivity index (χ3n) is 1.98. The van der Waals surface area contributed by atoms with Gasteiger partial charge in [-0.1, -0.05) is 12.1 Å². The van der Waals surface area contributed by atoms with Gasteiger partial charge in [0.25, 0.3) is 0 Å². The number of rotatable bonds is 2. The number of para-hydroxylation sites is 1. The summed E-state index contributed by atoms with van der Waals surface area (Å²) in [5, 5.41) is 11.5. The highest BCUT2D eigenvalue weighted by Crippen LogP contribution is 2.18. The lowest BCUT2D eigenvalue weighted by Crippen LogP contribution is -2.13. The van der Waals surface area contributed by atoms with Gasteiger partial charge in [0.1, 0.15) is 0 Å². The molecular formula is C9H10IN5. The van der Waals surface area contributed by atoms with E-state index in [-0.39, 0.29) is 6.04 Å². The fourth-order valence-electron chi connectivity index (χ4n) is 1.27. The zero-order chi connectivity index (χ0) is 10.8. The summed E-state index contributed by atoms with van der Waals surface area (Å²) in [4.78, 5) is 0. The van der Waals surface area contributed by atoms with Crippen molar-refractivity contribution in [3.8, 4) is 5.69 Å². The Hall–Kier alpha value is -1.02. The number of hydrogen-bond acceptors (Lipinski definition) is 4. The van der Waals surface area contributed by atoms with Crippen molar-refractivity contribution in [1.82, 2.24) is 20.2 Å². The highest BCUT2D eigenvalue weighted by Gasteiger charge is 2.13. The summed E-state index contributed by atoms with van der Waals surface area (Å²) in [5.74, 6) is 0.666. The predicted octanol–water partition coefficient (Wildman–Crippen LogP) is 1.29. The second-order valence-corrected chi connectivity index (χ2v) is 4.35. The third-order valence-corrected chi connectivity index (χ3v) is 2.89. The maximum atomic E-state index is 5.78. The molecular weight excluding hydrogens is 305 g/mol. The molecule has 2 N–H and O–H groups in total. The SMILES string of the molecule is CC(N)c1nnnn1-c1ccccc1I. The molecule has 1 atom stereocenters. The monoisotopic (exact) mass is 315 g/mol. The van der Waals surface area contributed by atoms with Gasteiger partial charge in [0.2, 0.25) is 0 Å². The number of hydrogen-bond donors (Lipinski definition) is 1. The van der Waals surface area contributed by atoms with Gasteiger partial charge in [0.15, 0.2) is 5.82 Å². The molecule has 0 radical (unpaired) electrons. The van der Waals surface area contributed by atoms with Crippen molar-refractivity contribution in [3.05, 3.63) is 33.7 Å². The van der Waals surface area contributed by atoms with E-state index < -0.39 is 0 Å². The molecule has 0 aliphatic carbocycles. The lowest BCUT2D eigenvalue weighted by molar-refractivity contribution is 0.687. The van der Waals surface area contributed by atoms with E-state index in [9.17, 15) is 0 Å². The Morgan fingerprint density at radius 1 is 1.40 bits per heavy atom. The van der Waals surface area contributed by atoms with Crippen molar-refractivity contribution in [2.24, 2.45) is 5.73 Å². The van der Waals surface area contributed by atoms with Gasteiger partial charge >= 0.3 is 0 Å². The summed E-state index contributed by atoms with van der Waals surface area (Å²) in [7, 11) is 0. The largest absolute Gasteiger partial charge is 0.321 e. The van der Waals surface area contributed by atoms with Gasteiger partial charge in [0.05, 0.1) is 11.7 Å². The number of halogens is 1. The highest BCUT2D eigenvalue weighted by atomic mass is 127. The molecule has 6 heteroatoms. The highest BCUT2D eigenvalue weighted by molar-refractivity contribution is 14.1. The van der Waals surface area contributed by atoms with Crippen molar-refractivity contribution in [3.63, 3.8) is 0 Å². The van der Waals surface area contributed by atoms with Crippen LogP contribution in [0.3, 0.4) is 0 Å². The summed E-state index contributed by atoms with van der Waals surface area (Å²) < 4.78 is 2.76. The Balaban J connectivity index is 2.55. The van der Waals surface area contributed by atoms with Gasteiger partial charge < -0.3 is 5.73 Å². The Labute approximate surface area is 101 Å². The van der Waals surface area contributed by atoms with Gasteiger partial charge in [0, 0.05) is 3.57 Å². The summed E-state index contributed by atoms with van der Waals surface area (Å²) >= 11 is 2.24. The molecule has 0 saturated heterocycles. The Morgan fingerprint density at radius 2 is 2.13 bits per heavy atom. The normalized spacial score (nSPS) is 12.7. The van der Waals surface area contributed by atoms with Crippen LogP contribution in [0.25, 0.3) is 5.69 Å². The van der Waals surface area contributed by atoms with Crippen LogP contribution in [-0.2, 0) is 0 Å². The third kappa shape index (κ3) is 2.00. The maximum Gasteiger partial charge on any atom is 0.173 e. The molecule has 1 heterocycles. The average Bonchev–Trinajstić information content (AvgIpc) is 2.67. The zero-order valence-corrected chi connectivity index (χ0v) is 10.3. The lowest BCUT2D eigenvalue weighted by Gasteiger charge is -2.07. The molecule has 2 aromatic rings. The molecule has 5 nitrogen and oxygen atoms in total. The number of aromatic nitrogens is 4. The summed E-state index contributed by atoms with van der Waals surface area (Å²) in [5.41, 5.74) is 6.73. The van der Waals surface area contributed by atoms with Gasteiger partial charge in [-0.05, 0) is 52.1 Å². The molecule has 78 valence electrons. The molecule has 0 spiro atoms. The summed E-state index contributed by atoms with van der Waals surface area (Å²) in [6.45, 7) is 1.86. The van der Waals surface area contributed by atoms with Crippen LogP contribution in [0.5, 0.6) is 0 Å². The van der Waals surface area contributed by atoms with Crippen molar-refractivity contribution >= 4 is 22.6 Å². The van der Waals surface area contributed by atoms with Crippen molar-refractivity contribution < 1.29 is 0 Å². The van der Waals surface area contributed by atoms with E-state index in [1.807, 2.05) is 31.2 Å². The minimum atomic E-state index is -0.184. The van der Waals surface area contributed by atoms with Crippen molar-refractivity contribution in [2.45, 2.75) is 13.0 Å². The van der Waals surface area contributed by atoms with E-state index in [2.05, 4.69) is 38.1 Å². The fraction of sp³-hybridized carbons (Fsp3) is 0.222. The number of nitrogens with two attached hydrogens (primary N) is 1. The van der Waals surface area contributed by atoms with Crippen LogP contribution in [0.15, 0.2) is 24.3 Å². The molecule has 0 fully saturated rings. The molecule has 1 unspecified atom stereocenters. The number of tetrazole rings is 1. The molecule has 1 aromatic heterocycles. The standard InChI is InChI=1S/C9H10IN5/c1-6(11)9-12-13-14-15(9)8-5-3-2-4-7(8)10/h2-6H,11H2,1H3. The Morgan fingerprint density at radius 3 is 2.80 bits per heavy atom. The van der Waals surface area contributed by atoms with E-state index in [1.165, 1.54) is 0 Å². The molecule has 0 aliphatic heterocycles. The molecule has 0 bridgehead atoms. The van der Waals surface area contributed by atoms with Crippen molar-refractivity contribution in [1.29, 1.82) is 0 Å². The van der Waals surface area contributed by atoms with Gasteiger partial charge in [-0.3, -0.25) is 0 Å². The van der Waals surface area contributed by atoms with Gasteiger partial charge in [-0.25, -0.2) is 0 Å². The first-order valence-corrected chi connectivity index (χ1v) is 5.57. The predicted molar refractivity (Wildman–Crippen MR) is 64.5 cm³/mol. The Kier molecular flexibility index (Phi) is 2.96. The van der Waals surface area contributed by atoms with E-state index in [1.54, 1.807) is 4.68 Å². The van der Waals surface area contributed by atoms with E-state index >= 15 is 0 Å². The first kappa shape index (κ1) is 10.5. The molecule has 2 rings (SSSR count). The zero-order valence-electron chi connectivity index (χ0n) is 8.13. The van der Waals surface area contributed by atoms with Crippen LogP contribution < -0.4 is 5.73 Å². The molecule has 15 heavy (non-hydrogen) atoms. The van der Waals surface area contributed by atoms with Crippen LogP contribution in [0.4, 0.5) is 0 Å². The second-order valence-electron chi connectivity index (χ2n) is 3.19. The minimum absolute atomic E-state index is 0.184. The average molecular weight is 315 g/mol. The second kappa shape index (κ2) is 4.23. The van der Waals surface area contributed by atoms with Crippen LogP contribution >= 0.6 is 22.6 Å². The number of nitrogens with zero attached hydrogens (tertiary/aromatic N) is 4. The summed E-state index contributed by atoms with van der Waals surface area (Å²) in [6, 6.07) is 7.70. The quantitative estimate of drug-likeness (QED) is 0.848. The van der Waals surface area contributed by atoms with Gasteiger partial charge in [-0.2, -0.15) is 4.68 Å². The smallest absolute Gasteiger partial charge is 0.173 e. The van der Waals surface area contributed by atoms with Crippen LogP contribution in [0, 0.1) is 3.57 Å². The molecule has 0 saturated carbocycles. The van der Waals surface area contributed by atoms with Crippen molar-refractivity contribution in [2.75, 3.05) is 0 Å². The van der Waals surface area contributed by atoms with E-state index in [0.29, 0.717) is 5.82 Å².